The van der Waals surface area contributed by atoms with Crippen molar-refractivity contribution in [2.45, 2.75) is 33.1 Å². The van der Waals surface area contributed by atoms with E-state index < -0.39 is 0 Å². The van der Waals surface area contributed by atoms with Crippen LogP contribution in [-0.4, -0.2) is 29.8 Å². The van der Waals surface area contributed by atoms with E-state index in [9.17, 15) is 9.59 Å². The Hall–Kier alpha value is -2.33. The summed E-state index contributed by atoms with van der Waals surface area (Å²) in [5.74, 6) is -0.119. The van der Waals surface area contributed by atoms with Gasteiger partial charge in [0.25, 0.3) is 0 Å². The lowest BCUT2D eigenvalue weighted by atomic mass is 10.1. The van der Waals surface area contributed by atoms with Crippen LogP contribution in [0.25, 0.3) is 0 Å². The summed E-state index contributed by atoms with van der Waals surface area (Å²) in [6.07, 6.45) is 1.97. The number of carbonyl (C=O) groups is 2. The molecule has 138 valence electrons. The summed E-state index contributed by atoms with van der Waals surface area (Å²) in [7, 11) is 0. The van der Waals surface area contributed by atoms with Gasteiger partial charge in [0.2, 0.25) is 11.8 Å². The van der Waals surface area contributed by atoms with Gasteiger partial charge in [-0.15, -0.1) is 0 Å². The number of halogens is 1. The molecular weight excluding hydrogens is 348 g/mol. The topological polar surface area (TPSA) is 49.4 Å². The molecule has 0 spiro atoms. The number of carbonyl (C=O) groups excluding carboxylic acids is 2. The maximum atomic E-state index is 12.1. The molecule has 0 fully saturated rings. The first-order chi connectivity index (χ1) is 12.5. The largest absolute Gasteiger partial charge is 0.342 e. The number of hydrogen-bond acceptors (Lipinski definition) is 2. The van der Waals surface area contributed by atoms with Crippen LogP contribution in [0.2, 0.25) is 5.02 Å². The smallest absolute Gasteiger partial charge is 0.226 e. The highest BCUT2D eigenvalue weighted by molar-refractivity contribution is 6.30. The van der Waals surface area contributed by atoms with Gasteiger partial charge < -0.3 is 10.2 Å². The molecule has 2 aromatic carbocycles. The summed E-state index contributed by atoms with van der Waals surface area (Å²) in [4.78, 5) is 25.7. The fourth-order valence-electron chi connectivity index (χ4n) is 2.63. The molecule has 0 bridgehead atoms. The van der Waals surface area contributed by atoms with Crippen molar-refractivity contribution in [3.8, 4) is 0 Å². The zero-order valence-corrected chi connectivity index (χ0v) is 16.1. The Labute approximate surface area is 160 Å². The van der Waals surface area contributed by atoms with Crippen molar-refractivity contribution in [3.05, 3.63) is 64.7 Å². The fraction of sp³-hybridized carbons (Fsp3) is 0.333. The molecular formula is C21H25ClN2O2. The minimum atomic E-state index is -0.0907. The lowest BCUT2D eigenvalue weighted by molar-refractivity contribution is -0.129. The Balaban J connectivity index is 1.81. The Bertz CT molecular complexity index is 727. The van der Waals surface area contributed by atoms with Gasteiger partial charge in [0.15, 0.2) is 0 Å². The van der Waals surface area contributed by atoms with E-state index >= 15 is 0 Å². The number of anilines is 1. The third-order valence-electron chi connectivity index (χ3n) is 4.28. The number of amides is 2. The summed E-state index contributed by atoms with van der Waals surface area (Å²) in [6, 6.07) is 15.4. The molecule has 0 saturated carbocycles. The van der Waals surface area contributed by atoms with Crippen molar-refractivity contribution in [1.29, 1.82) is 0 Å². The van der Waals surface area contributed by atoms with E-state index in [2.05, 4.69) is 12.2 Å². The molecule has 0 aromatic heterocycles. The molecule has 2 rings (SSSR count). The van der Waals surface area contributed by atoms with Gasteiger partial charge in [-0.2, -0.15) is 0 Å². The number of aryl methyl sites for hydroxylation is 1. The maximum absolute atomic E-state index is 12.1. The third kappa shape index (κ3) is 6.52. The van der Waals surface area contributed by atoms with Crippen LogP contribution in [0.1, 0.15) is 31.4 Å². The summed E-state index contributed by atoms with van der Waals surface area (Å²) >= 11 is 5.88. The van der Waals surface area contributed by atoms with Crippen LogP contribution in [0.3, 0.4) is 0 Å². The number of hydrogen-bond donors (Lipinski definition) is 1. The van der Waals surface area contributed by atoms with Gasteiger partial charge in [-0.1, -0.05) is 42.8 Å². The van der Waals surface area contributed by atoms with Gasteiger partial charge >= 0.3 is 0 Å². The zero-order valence-electron chi connectivity index (χ0n) is 15.3. The van der Waals surface area contributed by atoms with E-state index in [1.54, 1.807) is 4.90 Å². The van der Waals surface area contributed by atoms with E-state index in [1.165, 1.54) is 12.5 Å². The predicted octanol–water partition coefficient (Wildman–Crippen LogP) is 4.32. The van der Waals surface area contributed by atoms with Crippen molar-refractivity contribution < 1.29 is 9.59 Å². The lowest BCUT2D eigenvalue weighted by Gasteiger charge is -2.21. The highest BCUT2D eigenvalue weighted by atomic mass is 35.5. The van der Waals surface area contributed by atoms with Crippen molar-refractivity contribution in [2.24, 2.45) is 0 Å². The van der Waals surface area contributed by atoms with Gasteiger partial charge in [0.1, 0.15) is 0 Å². The van der Waals surface area contributed by atoms with Crippen molar-refractivity contribution in [3.63, 3.8) is 0 Å². The second kappa shape index (κ2) is 9.97. The highest BCUT2D eigenvalue weighted by Crippen LogP contribution is 2.12. The summed E-state index contributed by atoms with van der Waals surface area (Å²) in [5, 5.41) is 3.57. The van der Waals surface area contributed by atoms with Crippen LogP contribution in [0.5, 0.6) is 0 Å². The Morgan fingerprint density at radius 3 is 2.15 bits per heavy atom. The molecule has 0 aliphatic rings. The van der Waals surface area contributed by atoms with Gasteiger partial charge in [0, 0.05) is 37.1 Å². The standard InChI is InChI=1S/C21H25ClN2O2/c1-3-17-6-10-20(11-7-17)23-21(26)13-15-24(16(2)25)14-12-18-4-8-19(22)9-5-18/h4-11H,3,12-15H2,1-2H3,(H,23,26). The average Bonchev–Trinajstić information content (AvgIpc) is 2.63. The van der Waals surface area contributed by atoms with Crippen LogP contribution in [0.4, 0.5) is 5.69 Å². The van der Waals surface area contributed by atoms with E-state index in [4.69, 9.17) is 11.6 Å². The first kappa shape index (κ1) is 20.0. The lowest BCUT2D eigenvalue weighted by Crippen LogP contribution is -2.33. The monoisotopic (exact) mass is 372 g/mol. The summed E-state index contributed by atoms with van der Waals surface area (Å²) in [5.41, 5.74) is 3.12. The molecule has 0 unspecified atom stereocenters. The fourth-order valence-corrected chi connectivity index (χ4v) is 2.75. The number of nitrogens with one attached hydrogen (secondary N) is 1. The molecule has 4 nitrogen and oxygen atoms in total. The van der Waals surface area contributed by atoms with E-state index in [-0.39, 0.29) is 18.2 Å². The number of nitrogens with zero attached hydrogens (tertiary/aromatic N) is 1. The summed E-state index contributed by atoms with van der Waals surface area (Å²) < 4.78 is 0. The maximum Gasteiger partial charge on any atom is 0.226 e. The van der Waals surface area contributed by atoms with E-state index in [0.717, 1.165) is 24.1 Å². The normalized spacial score (nSPS) is 10.4. The molecule has 0 aliphatic carbocycles. The van der Waals surface area contributed by atoms with Gasteiger partial charge in [-0.3, -0.25) is 9.59 Å². The molecule has 0 aliphatic heterocycles. The van der Waals surface area contributed by atoms with Crippen molar-refractivity contribution in [1.82, 2.24) is 4.90 Å². The van der Waals surface area contributed by atoms with E-state index in [0.29, 0.717) is 18.1 Å². The number of rotatable bonds is 8. The molecule has 1 N–H and O–H groups in total. The van der Waals surface area contributed by atoms with Crippen LogP contribution in [0, 0.1) is 0 Å². The quantitative estimate of drug-likeness (QED) is 0.750. The molecule has 2 amide bonds. The van der Waals surface area contributed by atoms with Gasteiger partial charge in [-0.25, -0.2) is 0 Å². The third-order valence-corrected chi connectivity index (χ3v) is 4.54. The van der Waals surface area contributed by atoms with Gasteiger partial charge in [0.05, 0.1) is 0 Å². The first-order valence-corrected chi connectivity index (χ1v) is 9.24. The molecule has 0 heterocycles. The number of benzene rings is 2. The molecule has 2 aromatic rings. The molecule has 5 heteroatoms. The highest BCUT2D eigenvalue weighted by Gasteiger charge is 2.11. The molecule has 26 heavy (non-hydrogen) atoms. The van der Waals surface area contributed by atoms with Crippen LogP contribution < -0.4 is 5.32 Å². The minimum Gasteiger partial charge on any atom is -0.342 e. The minimum absolute atomic E-state index is 0.0286. The molecule has 0 saturated heterocycles. The SMILES string of the molecule is CCc1ccc(NC(=O)CCN(CCc2ccc(Cl)cc2)C(C)=O)cc1. The van der Waals surface area contributed by atoms with Crippen molar-refractivity contribution in [2.75, 3.05) is 18.4 Å². The Morgan fingerprint density at radius 1 is 0.962 bits per heavy atom. The Morgan fingerprint density at radius 2 is 1.58 bits per heavy atom. The molecule has 0 radical (unpaired) electrons. The second-order valence-corrected chi connectivity index (χ2v) is 6.67. The van der Waals surface area contributed by atoms with Crippen LogP contribution >= 0.6 is 11.6 Å². The van der Waals surface area contributed by atoms with Crippen LogP contribution in [-0.2, 0) is 22.4 Å². The van der Waals surface area contributed by atoms with Crippen molar-refractivity contribution >= 4 is 29.1 Å². The van der Waals surface area contributed by atoms with Gasteiger partial charge in [-0.05, 0) is 48.2 Å². The first-order valence-electron chi connectivity index (χ1n) is 8.86. The summed E-state index contributed by atoms with van der Waals surface area (Å²) in [6.45, 7) is 4.61. The zero-order chi connectivity index (χ0) is 18.9. The second-order valence-electron chi connectivity index (χ2n) is 6.23. The Kier molecular flexibility index (Phi) is 7.67. The average molecular weight is 373 g/mol. The van der Waals surface area contributed by atoms with E-state index in [1.807, 2.05) is 48.5 Å². The predicted molar refractivity (Wildman–Crippen MR) is 106 cm³/mol. The molecule has 0 atom stereocenters. The van der Waals surface area contributed by atoms with Crippen LogP contribution in [0.15, 0.2) is 48.5 Å².